The highest BCUT2D eigenvalue weighted by atomic mass is 32.1. The zero-order valence-corrected chi connectivity index (χ0v) is 14.8. The van der Waals surface area contributed by atoms with Gasteiger partial charge in [0.25, 0.3) is 5.91 Å². The second-order valence-electron chi connectivity index (χ2n) is 6.05. The number of anilines is 2. The Morgan fingerprint density at radius 3 is 2.54 bits per heavy atom. The molecule has 0 aliphatic carbocycles. The number of benzene rings is 2. The normalized spacial score (nSPS) is 13.8. The van der Waals surface area contributed by atoms with Crippen LogP contribution in [0, 0.1) is 0 Å². The number of thiazole rings is 1. The van der Waals surface area contributed by atoms with Gasteiger partial charge in [-0.25, -0.2) is 4.98 Å². The van der Waals surface area contributed by atoms with Crippen LogP contribution >= 0.6 is 11.3 Å². The number of amides is 2. The lowest BCUT2D eigenvalue weighted by Crippen LogP contribution is -2.23. The topological polar surface area (TPSA) is 62.3 Å². The van der Waals surface area contributed by atoms with Crippen LogP contribution in [0.1, 0.15) is 23.2 Å². The van der Waals surface area contributed by atoms with E-state index in [2.05, 4.69) is 10.3 Å². The third-order valence-electron chi connectivity index (χ3n) is 4.31. The molecule has 2 amide bonds. The van der Waals surface area contributed by atoms with E-state index < -0.39 is 0 Å². The van der Waals surface area contributed by atoms with Crippen LogP contribution in [0.5, 0.6) is 0 Å². The standard InChI is InChI=1S/C20H17N3O2S/c24-18-7-4-12-23(18)16-10-8-15(9-11-16)19(25)22-20-21-17(13-26-20)14-5-2-1-3-6-14/h1-3,5-6,8-11,13H,4,7,12H2,(H,21,22,25). The van der Waals surface area contributed by atoms with Crippen molar-refractivity contribution in [3.63, 3.8) is 0 Å². The third kappa shape index (κ3) is 3.36. The summed E-state index contributed by atoms with van der Waals surface area (Å²) in [5, 5.41) is 5.32. The first kappa shape index (κ1) is 16.5. The Morgan fingerprint density at radius 2 is 1.85 bits per heavy atom. The van der Waals surface area contributed by atoms with Gasteiger partial charge >= 0.3 is 0 Å². The molecule has 0 bridgehead atoms. The predicted octanol–water partition coefficient (Wildman–Crippen LogP) is 4.19. The molecule has 1 fully saturated rings. The molecule has 2 aromatic carbocycles. The summed E-state index contributed by atoms with van der Waals surface area (Å²) in [6.45, 7) is 0.742. The summed E-state index contributed by atoms with van der Waals surface area (Å²) in [4.78, 5) is 30.5. The monoisotopic (exact) mass is 363 g/mol. The first-order chi connectivity index (χ1) is 12.7. The van der Waals surface area contributed by atoms with Crippen LogP contribution in [0.15, 0.2) is 60.0 Å². The summed E-state index contributed by atoms with van der Waals surface area (Å²) in [7, 11) is 0. The largest absolute Gasteiger partial charge is 0.312 e. The number of hydrogen-bond donors (Lipinski definition) is 1. The van der Waals surface area contributed by atoms with E-state index in [1.54, 1.807) is 17.0 Å². The maximum atomic E-state index is 12.4. The van der Waals surface area contributed by atoms with Crippen molar-refractivity contribution in [3.8, 4) is 11.3 Å². The highest BCUT2D eigenvalue weighted by Gasteiger charge is 2.21. The van der Waals surface area contributed by atoms with Gasteiger partial charge in [0.2, 0.25) is 5.91 Å². The minimum absolute atomic E-state index is 0.137. The molecule has 6 heteroatoms. The Hall–Kier alpha value is -2.99. The lowest BCUT2D eigenvalue weighted by Gasteiger charge is -2.15. The molecule has 1 aromatic heterocycles. The van der Waals surface area contributed by atoms with Crippen LogP contribution < -0.4 is 10.2 Å². The Kier molecular flexibility index (Phi) is 4.50. The van der Waals surface area contributed by atoms with E-state index in [-0.39, 0.29) is 11.8 Å². The number of carbonyl (C=O) groups excluding carboxylic acids is 2. The molecule has 2 heterocycles. The minimum atomic E-state index is -0.210. The predicted molar refractivity (Wildman–Crippen MR) is 104 cm³/mol. The molecule has 5 nitrogen and oxygen atoms in total. The Morgan fingerprint density at radius 1 is 1.08 bits per heavy atom. The van der Waals surface area contributed by atoms with Crippen LogP contribution in [0.3, 0.4) is 0 Å². The van der Waals surface area contributed by atoms with Crippen molar-refractivity contribution in [2.45, 2.75) is 12.8 Å². The van der Waals surface area contributed by atoms with Gasteiger partial charge in [-0.15, -0.1) is 11.3 Å². The summed E-state index contributed by atoms with van der Waals surface area (Å²) in [5.74, 6) is -0.0725. The van der Waals surface area contributed by atoms with Gasteiger partial charge in [0, 0.05) is 35.2 Å². The van der Waals surface area contributed by atoms with Crippen molar-refractivity contribution in [1.82, 2.24) is 4.98 Å². The first-order valence-electron chi connectivity index (χ1n) is 8.43. The van der Waals surface area contributed by atoms with Crippen molar-refractivity contribution >= 4 is 34.0 Å². The Bertz CT molecular complexity index is 935. The summed E-state index contributed by atoms with van der Waals surface area (Å²) < 4.78 is 0. The van der Waals surface area contributed by atoms with Gasteiger partial charge in [0.1, 0.15) is 0 Å². The van der Waals surface area contributed by atoms with E-state index in [9.17, 15) is 9.59 Å². The molecule has 0 atom stereocenters. The molecule has 1 saturated heterocycles. The van der Waals surface area contributed by atoms with Crippen molar-refractivity contribution < 1.29 is 9.59 Å². The average molecular weight is 363 g/mol. The van der Waals surface area contributed by atoms with E-state index in [0.717, 1.165) is 29.9 Å². The summed E-state index contributed by atoms with van der Waals surface area (Å²) in [5.41, 5.74) is 3.24. The highest BCUT2D eigenvalue weighted by molar-refractivity contribution is 7.14. The van der Waals surface area contributed by atoms with E-state index in [0.29, 0.717) is 17.1 Å². The summed E-state index contributed by atoms with van der Waals surface area (Å²) in [6, 6.07) is 16.9. The van der Waals surface area contributed by atoms with Crippen molar-refractivity contribution in [1.29, 1.82) is 0 Å². The van der Waals surface area contributed by atoms with Gasteiger partial charge in [0.05, 0.1) is 5.69 Å². The van der Waals surface area contributed by atoms with E-state index in [1.807, 2.05) is 47.8 Å². The molecule has 3 aromatic rings. The molecule has 0 spiro atoms. The molecule has 0 saturated carbocycles. The number of nitrogens with one attached hydrogen (secondary N) is 1. The van der Waals surface area contributed by atoms with E-state index >= 15 is 0 Å². The lowest BCUT2D eigenvalue weighted by molar-refractivity contribution is -0.117. The second-order valence-corrected chi connectivity index (χ2v) is 6.91. The molecule has 130 valence electrons. The second kappa shape index (κ2) is 7.09. The average Bonchev–Trinajstić information content (AvgIpc) is 3.32. The number of rotatable bonds is 4. The van der Waals surface area contributed by atoms with E-state index in [1.165, 1.54) is 11.3 Å². The molecule has 4 rings (SSSR count). The van der Waals surface area contributed by atoms with E-state index in [4.69, 9.17) is 0 Å². The molecular weight excluding hydrogens is 346 g/mol. The van der Waals surface area contributed by atoms with Crippen molar-refractivity contribution in [3.05, 3.63) is 65.5 Å². The van der Waals surface area contributed by atoms with Gasteiger partial charge in [-0.1, -0.05) is 30.3 Å². The molecule has 0 unspecified atom stereocenters. The van der Waals surface area contributed by atoms with Crippen LogP contribution in [0.4, 0.5) is 10.8 Å². The molecule has 26 heavy (non-hydrogen) atoms. The number of nitrogens with zero attached hydrogens (tertiary/aromatic N) is 2. The SMILES string of the molecule is O=C(Nc1nc(-c2ccccc2)cs1)c1ccc(N2CCCC2=O)cc1. The number of aromatic nitrogens is 1. The molecule has 1 aliphatic rings. The van der Waals surface area contributed by atoms with Gasteiger partial charge in [-0.05, 0) is 30.7 Å². The number of hydrogen-bond acceptors (Lipinski definition) is 4. The minimum Gasteiger partial charge on any atom is -0.312 e. The lowest BCUT2D eigenvalue weighted by atomic mass is 10.2. The Balaban J connectivity index is 1.45. The Labute approximate surface area is 155 Å². The fourth-order valence-corrected chi connectivity index (χ4v) is 3.67. The first-order valence-corrected chi connectivity index (χ1v) is 9.31. The van der Waals surface area contributed by atoms with Crippen molar-refractivity contribution in [2.24, 2.45) is 0 Å². The van der Waals surface area contributed by atoms with Crippen LogP contribution in [-0.4, -0.2) is 23.3 Å². The van der Waals surface area contributed by atoms with Crippen LogP contribution in [0.2, 0.25) is 0 Å². The fourth-order valence-electron chi connectivity index (χ4n) is 2.96. The smallest absolute Gasteiger partial charge is 0.257 e. The molecule has 1 N–H and O–H groups in total. The zero-order valence-electron chi connectivity index (χ0n) is 14.0. The van der Waals surface area contributed by atoms with Crippen molar-refractivity contribution in [2.75, 3.05) is 16.8 Å². The van der Waals surface area contributed by atoms with Gasteiger partial charge in [-0.2, -0.15) is 0 Å². The maximum absolute atomic E-state index is 12.4. The number of carbonyl (C=O) groups is 2. The fraction of sp³-hybridized carbons (Fsp3) is 0.150. The van der Waals surface area contributed by atoms with Gasteiger partial charge < -0.3 is 4.90 Å². The van der Waals surface area contributed by atoms with Gasteiger partial charge in [-0.3, -0.25) is 14.9 Å². The van der Waals surface area contributed by atoms with Gasteiger partial charge in [0.15, 0.2) is 5.13 Å². The van der Waals surface area contributed by atoms with Crippen LogP contribution in [-0.2, 0) is 4.79 Å². The quantitative estimate of drug-likeness (QED) is 0.756. The zero-order chi connectivity index (χ0) is 17.9. The van der Waals surface area contributed by atoms with Crippen LogP contribution in [0.25, 0.3) is 11.3 Å². The maximum Gasteiger partial charge on any atom is 0.257 e. The molecular formula is C20H17N3O2S. The molecule has 0 radical (unpaired) electrons. The highest BCUT2D eigenvalue weighted by Crippen LogP contribution is 2.25. The molecule has 1 aliphatic heterocycles. The third-order valence-corrected chi connectivity index (χ3v) is 5.07. The summed E-state index contributed by atoms with van der Waals surface area (Å²) >= 11 is 1.40. The summed E-state index contributed by atoms with van der Waals surface area (Å²) in [6.07, 6.45) is 1.48.